The maximum atomic E-state index is 13.0. The maximum absolute atomic E-state index is 13.0. The first-order chi connectivity index (χ1) is 9.11. The van der Waals surface area contributed by atoms with Crippen LogP contribution in [0.2, 0.25) is 5.02 Å². The highest BCUT2D eigenvalue weighted by atomic mass is 35.5. The number of halogens is 3. The van der Waals surface area contributed by atoms with Crippen LogP contribution < -0.4 is 5.32 Å². The molecular weight excluding hydrogens is 302 g/mol. The molecule has 0 saturated carbocycles. The van der Waals surface area contributed by atoms with Crippen LogP contribution in [0.5, 0.6) is 0 Å². The van der Waals surface area contributed by atoms with Crippen molar-refractivity contribution in [3.63, 3.8) is 0 Å². The van der Waals surface area contributed by atoms with E-state index in [1.807, 2.05) is 4.90 Å². The van der Waals surface area contributed by atoms with Crippen molar-refractivity contribution in [2.45, 2.75) is 37.9 Å². The van der Waals surface area contributed by atoms with Crippen molar-refractivity contribution < 1.29 is 9.18 Å². The largest absolute Gasteiger partial charge is 0.337 e. The number of rotatable bonds is 2. The van der Waals surface area contributed by atoms with E-state index in [1.165, 1.54) is 12.1 Å². The fraction of sp³-hybridized carbons (Fsp3) is 0.500. The van der Waals surface area contributed by atoms with E-state index in [1.54, 1.807) is 6.07 Å². The number of fused-ring (bicyclic) bond motifs is 2. The van der Waals surface area contributed by atoms with Crippen LogP contribution in [0.25, 0.3) is 0 Å². The zero-order valence-corrected chi connectivity index (χ0v) is 12.5. The van der Waals surface area contributed by atoms with Gasteiger partial charge in [-0.05, 0) is 30.5 Å². The normalized spacial score (nSPS) is 25.3. The average molecular weight is 319 g/mol. The minimum absolute atomic E-state index is 0. The molecule has 1 aromatic rings. The third kappa shape index (κ3) is 3.25. The molecule has 1 amide bonds. The smallest absolute Gasteiger partial charge is 0.224 e. The van der Waals surface area contributed by atoms with Crippen LogP contribution in [0.4, 0.5) is 4.39 Å². The quantitative estimate of drug-likeness (QED) is 0.909. The van der Waals surface area contributed by atoms with E-state index in [2.05, 4.69) is 5.32 Å². The van der Waals surface area contributed by atoms with Gasteiger partial charge in [0, 0.05) is 36.6 Å². The third-order valence-corrected chi connectivity index (χ3v) is 4.28. The second kappa shape index (κ2) is 6.29. The molecule has 2 saturated heterocycles. The molecule has 6 heteroatoms. The van der Waals surface area contributed by atoms with Crippen LogP contribution >= 0.6 is 24.0 Å². The summed E-state index contributed by atoms with van der Waals surface area (Å²) in [5.74, 6) is -0.197. The molecule has 2 fully saturated rings. The third-order valence-electron chi connectivity index (χ3n) is 3.93. The van der Waals surface area contributed by atoms with E-state index in [-0.39, 0.29) is 24.1 Å². The number of nitrogens with zero attached hydrogens (tertiary/aromatic N) is 1. The van der Waals surface area contributed by atoms with Crippen LogP contribution in [-0.4, -0.2) is 29.4 Å². The Morgan fingerprint density at radius 1 is 1.35 bits per heavy atom. The SMILES string of the molecule is Cl.O=C1C[C@H]2CC[C@@H](CN1Cc1ccc(F)cc1Cl)N2. The highest BCUT2D eigenvalue weighted by Gasteiger charge is 2.33. The number of carbonyl (C=O) groups is 1. The van der Waals surface area contributed by atoms with Gasteiger partial charge in [0.1, 0.15) is 5.82 Å². The van der Waals surface area contributed by atoms with Crippen LogP contribution in [0.1, 0.15) is 24.8 Å². The Bertz CT molecular complexity index is 512. The molecule has 1 N–H and O–H groups in total. The average Bonchev–Trinajstić information content (AvgIpc) is 2.71. The van der Waals surface area contributed by atoms with Gasteiger partial charge < -0.3 is 10.2 Å². The van der Waals surface area contributed by atoms with Crippen molar-refractivity contribution in [3.8, 4) is 0 Å². The van der Waals surface area contributed by atoms with Crippen LogP contribution in [0.3, 0.4) is 0 Å². The number of benzene rings is 1. The van der Waals surface area contributed by atoms with Gasteiger partial charge in [-0.1, -0.05) is 17.7 Å². The van der Waals surface area contributed by atoms with Gasteiger partial charge in [-0.25, -0.2) is 4.39 Å². The molecule has 2 bridgehead atoms. The summed E-state index contributed by atoms with van der Waals surface area (Å²) in [4.78, 5) is 14.0. The summed E-state index contributed by atoms with van der Waals surface area (Å²) in [6.45, 7) is 1.17. The lowest BCUT2D eigenvalue weighted by atomic mass is 10.1. The second-order valence-electron chi connectivity index (χ2n) is 5.35. The van der Waals surface area contributed by atoms with E-state index in [9.17, 15) is 9.18 Å². The van der Waals surface area contributed by atoms with Crippen molar-refractivity contribution >= 4 is 29.9 Å². The summed E-state index contributed by atoms with van der Waals surface area (Å²) < 4.78 is 13.0. The highest BCUT2D eigenvalue weighted by molar-refractivity contribution is 6.31. The number of likely N-dealkylation sites (tertiary alicyclic amines) is 1. The number of nitrogens with one attached hydrogen (secondary N) is 1. The van der Waals surface area contributed by atoms with E-state index >= 15 is 0 Å². The van der Waals surface area contributed by atoms with Gasteiger partial charge >= 0.3 is 0 Å². The molecule has 2 heterocycles. The summed E-state index contributed by atoms with van der Waals surface area (Å²) in [5.41, 5.74) is 0.800. The van der Waals surface area contributed by atoms with Gasteiger partial charge in [-0.15, -0.1) is 12.4 Å². The predicted molar refractivity (Wildman–Crippen MR) is 78.6 cm³/mol. The first-order valence-corrected chi connectivity index (χ1v) is 6.97. The Morgan fingerprint density at radius 2 is 2.10 bits per heavy atom. The van der Waals surface area contributed by atoms with Crippen molar-refractivity contribution in [1.82, 2.24) is 10.2 Å². The first kappa shape index (κ1) is 15.5. The number of hydrogen-bond donors (Lipinski definition) is 1. The lowest BCUT2D eigenvalue weighted by Crippen LogP contribution is -2.37. The van der Waals surface area contributed by atoms with Crippen molar-refractivity contribution in [3.05, 3.63) is 34.6 Å². The Kier molecular flexibility index (Phi) is 4.89. The molecule has 0 aliphatic carbocycles. The molecule has 110 valence electrons. The summed E-state index contributed by atoms with van der Waals surface area (Å²) >= 11 is 6.02. The first-order valence-electron chi connectivity index (χ1n) is 6.59. The zero-order valence-electron chi connectivity index (χ0n) is 10.9. The number of amides is 1. The van der Waals surface area contributed by atoms with Gasteiger partial charge in [-0.2, -0.15) is 0 Å². The van der Waals surface area contributed by atoms with Crippen molar-refractivity contribution in [1.29, 1.82) is 0 Å². The standard InChI is InChI=1S/C14H16ClFN2O.ClH/c15-13-5-10(16)2-1-9(13)7-18-8-12-4-3-11(17-12)6-14(18)19;/h1-2,5,11-12,17H,3-4,6-8H2;1H/t11-,12+;/m1./s1. The Labute approximate surface area is 128 Å². The molecule has 3 rings (SSSR count). The van der Waals surface area contributed by atoms with Gasteiger partial charge in [0.25, 0.3) is 0 Å². The molecule has 2 atom stereocenters. The Morgan fingerprint density at radius 3 is 2.85 bits per heavy atom. The molecule has 3 nitrogen and oxygen atoms in total. The summed E-state index contributed by atoms with van der Waals surface area (Å²) in [6, 6.07) is 5.04. The minimum Gasteiger partial charge on any atom is -0.337 e. The van der Waals surface area contributed by atoms with Gasteiger partial charge in [0.15, 0.2) is 0 Å². The van der Waals surface area contributed by atoms with Crippen molar-refractivity contribution in [2.24, 2.45) is 0 Å². The second-order valence-corrected chi connectivity index (χ2v) is 5.76. The number of hydrogen-bond acceptors (Lipinski definition) is 2. The van der Waals surface area contributed by atoms with Crippen molar-refractivity contribution in [2.75, 3.05) is 6.54 Å². The monoisotopic (exact) mass is 318 g/mol. The Balaban J connectivity index is 0.00000147. The van der Waals surface area contributed by atoms with E-state index < -0.39 is 0 Å². The summed E-state index contributed by atoms with van der Waals surface area (Å²) in [7, 11) is 0. The zero-order chi connectivity index (χ0) is 13.4. The van der Waals surface area contributed by atoms with Gasteiger partial charge in [-0.3, -0.25) is 4.79 Å². The predicted octanol–water partition coefficient (Wildman–Crippen LogP) is 2.75. The molecule has 0 unspecified atom stereocenters. The molecule has 0 radical (unpaired) electrons. The van der Waals surface area contributed by atoms with E-state index in [0.29, 0.717) is 36.6 Å². The molecule has 20 heavy (non-hydrogen) atoms. The van der Waals surface area contributed by atoms with Crippen LogP contribution in [-0.2, 0) is 11.3 Å². The molecule has 2 aliphatic rings. The lowest BCUT2D eigenvalue weighted by Gasteiger charge is -2.25. The summed E-state index contributed by atoms with van der Waals surface area (Å²) in [5, 5.41) is 3.85. The fourth-order valence-corrected chi connectivity index (χ4v) is 3.15. The van der Waals surface area contributed by atoms with E-state index in [0.717, 1.165) is 18.4 Å². The van der Waals surface area contributed by atoms with Crippen LogP contribution in [0, 0.1) is 5.82 Å². The lowest BCUT2D eigenvalue weighted by molar-refractivity contribution is -0.131. The molecular formula is C14H17Cl2FN2O. The molecule has 0 aromatic heterocycles. The Hall–Kier alpha value is -0.840. The van der Waals surface area contributed by atoms with Crippen LogP contribution in [0.15, 0.2) is 18.2 Å². The maximum Gasteiger partial charge on any atom is 0.224 e. The fourth-order valence-electron chi connectivity index (χ4n) is 2.92. The van der Waals surface area contributed by atoms with E-state index in [4.69, 9.17) is 11.6 Å². The minimum atomic E-state index is -0.350. The summed E-state index contributed by atoms with van der Waals surface area (Å²) in [6.07, 6.45) is 2.75. The highest BCUT2D eigenvalue weighted by Crippen LogP contribution is 2.24. The number of carbonyl (C=O) groups excluding carboxylic acids is 1. The molecule has 0 spiro atoms. The topological polar surface area (TPSA) is 32.3 Å². The molecule has 2 aliphatic heterocycles. The van der Waals surface area contributed by atoms with Gasteiger partial charge in [0.05, 0.1) is 0 Å². The molecule has 1 aromatic carbocycles. The van der Waals surface area contributed by atoms with Gasteiger partial charge in [0.2, 0.25) is 5.91 Å².